The molecule has 4 nitrogen and oxygen atoms in total. The smallest absolute Gasteiger partial charge is 0.224 e. The van der Waals surface area contributed by atoms with Gasteiger partial charge in [0.1, 0.15) is 0 Å². The number of hydrogen-bond donors (Lipinski definition) is 2. The van der Waals surface area contributed by atoms with Crippen molar-refractivity contribution in [2.24, 2.45) is 5.92 Å². The Kier molecular flexibility index (Phi) is 5.35. The summed E-state index contributed by atoms with van der Waals surface area (Å²) in [6.07, 6.45) is 5.34. The van der Waals surface area contributed by atoms with Crippen LogP contribution in [-0.4, -0.2) is 19.0 Å². The molecular formula is C11H17ClN2O2. The number of piperidine rings is 1. The summed E-state index contributed by atoms with van der Waals surface area (Å²) in [5.74, 6) is 0.272. The van der Waals surface area contributed by atoms with Crippen molar-refractivity contribution in [1.29, 1.82) is 0 Å². The Hall–Kier alpha value is -1.00. The Labute approximate surface area is 101 Å². The second kappa shape index (κ2) is 6.55. The zero-order chi connectivity index (χ0) is 10.5. The van der Waals surface area contributed by atoms with Crippen LogP contribution in [0.4, 0.5) is 0 Å². The highest BCUT2D eigenvalue weighted by atomic mass is 35.5. The molecule has 2 heterocycles. The number of rotatable bonds is 3. The summed E-state index contributed by atoms with van der Waals surface area (Å²) < 4.78 is 4.93. The average Bonchev–Trinajstić information content (AvgIpc) is 2.80. The maximum atomic E-state index is 11.7. The van der Waals surface area contributed by atoms with E-state index >= 15 is 0 Å². The topological polar surface area (TPSA) is 54.3 Å². The molecule has 1 saturated heterocycles. The zero-order valence-corrected chi connectivity index (χ0v) is 9.89. The number of halogens is 1. The third-order valence-electron chi connectivity index (χ3n) is 2.71. The van der Waals surface area contributed by atoms with Crippen molar-refractivity contribution in [3.63, 3.8) is 0 Å². The van der Waals surface area contributed by atoms with Gasteiger partial charge in [0.05, 0.1) is 18.4 Å². The van der Waals surface area contributed by atoms with Gasteiger partial charge in [-0.05, 0) is 25.5 Å². The lowest BCUT2D eigenvalue weighted by Gasteiger charge is -2.21. The molecule has 0 aromatic carbocycles. The van der Waals surface area contributed by atoms with E-state index in [1.165, 1.54) is 0 Å². The second-order valence-corrected chi connectivity index (χ2v) is 3.89. The minimum absolute atomic E-state index is 0. The SMILES string of the molecule is Cl.O=C(NCc1ccoc1)[C@@H]1CCCNC1. The molecule has 1 aliphatic heterocycles. The molecule has 0 radical (unpaired) electrons. The van der Waals surface area contributed by atoms with Gasteiger partial charge in [-0.1, -0.05) is 0 Å². The summed E-state index contributed by atoms with van der Waals surface area (Å²) in [6.45, 7) is 2.40. The predicted octanol–water partition coefficient (Wildman–Crippen LogP) is 1.32. The first-order chi connectivity index (χ1) is 7.36. The molecule has 1 atom stereocenters. The van der Waals surface area contributed by atoms with Crippen LogP contribution >= 0.6 is 12.4 Å². The zero-order valence-electron chi connectivity index (χ0n) is 9.07. The fourth-order valence-electron chi connectivity index (χ4n) is 1.80. The Bertz CT molecular complexity index is 308. The summed E-state index contributed by atoms with van der Waals surface area (Å²) in [6, 6.07) is 1.86. The maximum Gasteiger partial charge on any atom is 0.224 e. The number of nitrogens with one attached hydrogen (secondary N) is 2. The third kappa shape index (κ3) is 3.54. The van der Waals surface area contributed by atoms with Crippen LogP contribution in [0.25, 0.3) is 0 Å². The van der Waals surface area contributed by atoms with Crippen LogP contribution in [0.5, 0.6) is 0 Å². The lowest BCUT2D eigenvalue weighted by atomic mass is 9.99. The standard InChI is InChI=1S/C11H16N2O2.ClH/c14-11(10-2-1-4-12-7-10)13-6-9-3-5-15-8-9;/h3,5,8,10,12H,1-2,4,6-7H2,(H,13,14);1H/t10-;/m1./s1. The van der Waals surface area contributed by atoms with Crippen molar-refractivity contribution in [2.45, 2.75) is 19.4 Å². The molecule has 1 aromatic heterocycles. The Morgan fingerprint density at radius 1 is 1.62 bits per heavy atom. The molecule has 0 aliphatic carbocycles. The van der Waals surface area contributed by atoms with E-state index in [4.69, 9.17) is 4.42 Å². The van der Waals surface area contributed by atoms with Gasteiger partial charge in [0.25, 0.3) is 0 Å². The minimum Gasteiger partial charge on any atom is -0.472 e. The third-order valence-corrected chi connectivity index (χ3v) is 2.71. The van der Waals surface area contributed by atoms with Crippen molar-refractivity contribution in [3.05, 3.63) is 24.2 Å². The van der Waals surface area contributed by atoms with Gasteiger partial charge in [0.15, 0.2) is 0 Å². The van der Waals surface area contributed by atoms with E-state index in [2.05, 4.69) is 10.6 Å². The predicted molar refractivity (Wildman–Crippen MR) is 63.4 cm³/mol. The quantitative estimate of drug-likeness (QED) is 0.843. The van der Waals surface area contributed by atoms with Gasteiger partial charge in [-0.25, -0.2) is 0 Å². The molecule has 0 bridgehead atoms. The molecule has 1 aromatic rings. The molecule has 5 heteroatoms. The van der Waals surface area contributed by atoms with E-state index in [1.54, 1.807) is 12.5 Å². The first kappa shape index (κ1) is 13.1. The first-order valence-corrected chi connectivity index (χ1v) is 5.36. The van der Waals surface area contributed by atoms with Gasteiger partial charge >= 0.3 is 0 Å². The van der Waals surface area contributed by atoms with Crippen molar-refractivity contribution in [2.75, 3.05) is 13.1 Å². The highest BCUT2D eigenvalue weighted by Crippen LogP contribution is 2.10. The fourth-order valence-corrected chi connectivity index (χ4v) is 1.80. The van der Waals surface area contributed by atoms with Gasteiger partial charge in [-0.15, -0.1) is 12.4 Å². The molecule has 1 amide bonds. The van der Waals surface area contributed by atoms with Gasteiger partial charge in [0.2, 0.25) is 5.91 Å². The number of hydrogen-bond acceptors (Lipinski definition) is 3. The van der Waals surface area contributed by atoms with Crippen molar-refractivity contribution in [3.8, 4) is 0 Å². The molecule has 0 unspecified atom stereocenters. The minimum atomic E-state index is 0. The van der Waals surface area contributed by atoms with E-state index in [1.807, 2.05) is 6.07 Å². The maximum absolute atomic E-state index is 11.7. The first-order valence-electron chi connectivity index (χ1n) is 5.36. The van der Waals surface area contributed by atoms with E-state index in [0.717, 1.165) is 31.5 Å². The molecule has 0 spiro atoms. The van der Waals surface area contributed by atoms with E-state index in [-0.39, 0.29) is 24.2 Å². The molecular weight excluding hydrogens is 228 g/mol. The van der Waals surface area contributed by atoms with Crippen LogP contribution in [0.1, 0.15) is 18.4 Å². The molecule has 16 heavy (non-hydrogen) atoms. The summed E-state index contributed by atoms with van der Waals surface area (Å²) in [5, 5.41) is 6.15. The summed E-state index contributed by atoms with van der Waals surface area (Å²) in [4.78, 5) is 11.7. The Morgan fingerprint density at radius 3 is 3.12 bits per heavy atom. The van der Waals surface area contributed by atoms with Crippen molar-refractivity contribution < 1.29 is 9.21 Å². The molecule has 1 aliphatic rings. The lowest BCUT2D eigenvalue weighted by molar-refractivity contribution is -0.125. The van der Waals surface area contributed by atoms with Gasteiger partial charge in [-0.3, -0.25) is 4.79 Å². The highest BCUT2D eigenvalue weighted by Gasteiger charge is 2.20. The van der Waals surface area contributed by atoms with Crippen LogP contribution in [0.3, 0.4) is 0 Å². The van der Waals surface area contributed by atoms with Gasteiger partial charge in [0, 0.05) is 18.7 Å². The molecule has 2 N–H and O–H groups in total. The molecule has 90 valence electrons. The highest BCUT2D eigenvalue weighted by molar-refractivity contribution is 5.85. The molecule has 1 fully saturated rings. The van der Waals surface area contributed by atoms with E-state index < -0.39 is 0 Å². The normalized spacial score (nSPS) is 19.9. The van der Waals surface area contributed by atoms with Crippen LogP contribution in [-0.2, 0) is 11.3 Å². The number of carbonyl (C=O) groups excluding carboxylic acids is 1. The van der Waals surface area contributed by atoms with Crippen molar-refractivity contribution >= 4 is 18.3 Å². The second-order valence-electron chi connectivity index (χ2n) is 3.89. The Morgan fingerprint density at radius 2 is 2.50 bits per heavy atom. The van der Waals surface area contributed by atoms with Crippen LogP contribution < -0.4 is 10.6 Å². The van der Waals surface area contributed by atoms with Crippen LogP contribution in [0.2, 0.25) is 0 Å². The average molecular weight is 245 g/mol. The largest absolute Gasteiger partial charge is 0.472 e. The fraction of sp³-hybridized carbons (Fsp3) is 0.545. The van der Waals surface area contributed by atoms with Crippen LogP contribution in [0, 0.1) is 5.92 Å². The summed E-state index contributed by atoms with van der Waals surface area (Å²) in [7, 11) is 0. The van der Waals surface area contributed by atoms with Gasteiger partial charge in [-0.2, -0.15) is 0 Å². The van der Waals surface area contributed by atoms with E-state index in [0.29, 0.717) is 6.54 Å². The molecule has 0 saturated carbocycles. The lowest BCUT2D eigenvalue weighted by Crippen LogP contribution is -2.40. The van der Waals surface area contributed by atoms with Crippen LogP contribution in [0.15, 0.2) is 23.0 Å². The summed E-state index contributed by atoms with van der Waals surface area (Å²) >= 11 is 0. The number of amides is 1. The number of furan rings is 1. The Balaban J connectivity index is 0.00000128. The number of carbonyl (C=O) groups is 1. The van der Waals surface area contributed by atoms with Crippen molar-refractivity contribution in [1.82, 2.24) is 10.6 Å². The monoisotopic (exact) mass is 244 g/mol. The summed E-state index contributed by atoms with van der Waals surface area (Å²) in [5.41, 5.74) is 1.01. The van der Waals surface area contributed by atoms with E-state index in [9.17, 15) is 4.79 Å². The van der Waals surface area contributed by atoms with Gasteiger partial charge < -0.3 is 15.1 Å². The molecule has 2 rings (SSSR count).